The zero-order valence-corrected chi connectivity index (χ0v) is 8.61. The lowest BCUT2D eigenvalue weighted by molar-refractivity contribution is 0.875. The molecule has 0 amide bonds. The predicted octanol–water partition coefficient (Wildman–Crippen LogP) is 2.00. The molecule has 0 fully saturated rings. The smallest absolute Gasteiger partial charge is 0.0420 e. The molecule has 1 heterocycles. The van der Waals surface area contributed by atoms with E-state index in [9.17, 15) is 0 Å². The van der Waals surface area contributed by atoms with E-state index >= 15 is 0 Å². The van der Waals surface area contributed by atoms with Gasteiger partial charge in [0, 0.05) is 35.4 Å². The number of rotatable bonds is 4. The van der Waals surface area contributed by atoms with Crippen molar-refractivity contribution in [2.75, 3.05) is 18.4 Å². The van der Waals surface area contributed by atoms with Gasteiger partial charge in [0.2, 0.25) is 0 Å². The number of pyridine rings is 1. The van der Waals surface area contributed by atoms with Crippen molar-refractivity contribution < 1.29 is 0 Å². The van der Waals surface area contributed by atoms with Gasteiger partial charge in [-0.05, 0) is 25.1 Å². The van der Waals surface area contributed by atoms with E-state index in [-0.39, 0.29) is 0 Å². The number of benzene rings is 1. The summed E-state index contributed by atoms with van der Waals surface area (Å²) in [6, 6.07) is 8.21. The minimum atomic E-state index is 0.722. The Bertz CT molecular complexity index is 434. The highest BCUT2D eigenvalue weighted by Crippen LogP contribution is 2.21. The maximum absolute atomic E-state index is 5.46. The maximum Gasteiger partial charge on any atom is 0.0420 e. The normalized spacial score (nSPS) is 10.5. The van der Waals surface area contributed by atoms with Crippen LogP contribution in [0.3, 0.4) is 0 Å². The Kier molecular flexibility index (Phi) is 3.15. The van der Waals surface area contributed by atoms with E-state index < -0.39 is 0 Å². The molecule has 1 aromatic carbocycles. The Hall–Kier alpha value is -1.61. The van der Waals surface area contributed by atoms with Gasteiger partial charge >= 0.3 is 0 Å². The highest BCUT2D eigenvalue weighted by Gasteiger charge is 1.98. The summed E-state index contributed by atoms with van der Waals surface area (Å²) in [5.74, 6) is 0. The van der Waals surface area contributed by atoms with Crippen LogP contribution in [0.1, 0.15) is 6.42 Å². The first kappa shape index (κ1) is 9.93. The van der Waals surface area contributed by atoms with Gasteiger partial charge in [0.05, 0.1) is 0 Å². The third-order valence-electron chi connectivity index (χ3n) is 2.38. The molecule has 0 aliphatic rings. The van der Waals surface area contributed by atoms with Crippen LogP contribution in [-0.2, 0) is 0 Å². The summed E-state index contributed by atoms with van der Waals surface area (Å²) in [6.45, 7) is 1.64. The molecule has 0 aliphatic carbocycles. The van der Waals surface area contributed by atoms with Gasteiger partial charge in [-0.2, -0.15) is 0 Å². The van der Waals surface area contributed by atoms with E-state index in [1.165, 1.54) is 5.39 Å². The van der Waals surface area contributed by atoms with E-state index in [4.69, 9.17) is 5.73 Å². The van der Waals surface area contributed by atoms with Crippen LogP contribution in [0.4, 0.5) is 5.69 Å². The average molecular weight is 201 g/mol. The van der Waals surface area contributed by atoms with E-state index in [0.717, 1.165) is 30.6 Å². The molecule has 0 atom stereocenters. The molecule has 2 rings (SSSR count). The van der Waals surface area contributed by atoms with Crippen molar-refractivity contribution in [3.8, 4) is 0 Å². The summed E-state index contributed by atoms with van der Waals surface area (Å²) >= 11 is 0. The fraction of sp³-hybridized carbons (Fsp3) is 0.250. The summed E-state index contributed by atoms with van der Waals surface area (Å²) in [5, 5.41) is 5.76. The summed E-state index contributed by atoms with van der Waals surface area (Å²) < 4.78 is 0. The second kappa shape index (κ2) is 4.75. The summed E-state index contributed by atoms with van der Waals surface area (Å²) in [7, 11) is 0. The number of aromatic nitrogens is 1. The zero-order valence-electron chi connectivity index (χ0n) is 8.61. The molecule has 1 aromatic heterocycles. The lowest BCUT2D eigenvalue weighted by Crippen LogP contribution is -2.08. The fourth-order valence-corrected chi connectivity index (χ4v) is 1.60. The summed E-state index contributed by atoms with van der Waals surface area (Å²) in [6.07, 6.45) is 4.68. The molecular formula is C12H15N3. The molecule has 0 unspecified atom stereocenters. The van der Waals surface area contributed by atoms with E-state index in [2.05, 4.69) is 22.4 Å². The molecule has 2 aromatic rings. The van der Waals surface area contributed by atoms with Gasteiger partial charge in [-0.3, -0.25) is 4.98 Å². The van der Waals surface area contributed by atoms with Crippen LogP contribution in [-0.4, -0.2) is 18.1 Å². The number of hydrogen-bond donors (Lipinski definition) is 2. The number of nitrogens with zero attached hydrogens (tertiary/aromatic N) is 1. The fourth-order valence-electron chi connectivity index (χ4n) is 1.60. The molecule has 0 spiro atoms. The average Bonchev–Trinajstić information content (AvgIpc) is 2.30. The number of hydrogen-bond acceptors (Lipinski definition) is 3. The van der Waals surface area contributed by atoms with Gasteiger partial charge in [-0.1, -0.05) is 12.1 Å². The van der Waals surface area contributed by atoms with Gasteiger partial charge in [0.25, 0.3) is 0 Å². The molecular weight excluding hydrogens is 186 g/mol. The van der Waals surface area contributed by atoms with Crippen LogP contribution in [0.5, 0.6) is 0 Å². The standard InChI is InChI=1S/C12H15N3/c13-6-2-7-15-12-4-1-3-10-9-14-8-5-11(10)12/h1,3-5,8-9,15H,2,6-7,13H2. The summed E-state index contributed by atoms with van der Waals surface area (Å²) in [5.41, 5.74) is 6.61. The Balaban J connectivity index is 2.26. The second-order valence-electron chi connectivity index (χ2n) is 3.47. The molecule has 0 saturated heterocycles. The number of anilines is 1. The zero-order chi connectivity index (χ0) is 10.5. The first-order valence-corrected chi connectivity index (χ1v) is 5.18. The van der Waals surface area contributed by atoms with Crippen LogP contribution in [0.15, 0.2) is 36.7 Å². The van der Waals surface area contributed by atoms with Crippen molar-refractivity contribution in [3.05, 3.63) is 36.7 Å². The Morgan fingerprint density at radius 3 is 3.07 bits per heavy atom. The largest absolute Gasteiger partial charge is 0.384 e. The monoisotopic (exact) mass is 201 g/mol. The minimum absolute atomic E-state index is 0.722. The van der Waals surface area contributed by atoms with Crippen LogP contribution >= 0.6 is 0 Å². The molecule has 0 radical (unpaired) electrons. The van der Waals surface area contributed by atoms with Gasteiger partial charge < -0.3 is 11.1 Å². The number of nitrogens with two attached hydrogens (primary N) is 1. The molecule has 3 heteroatoms. The Morgan fingerprint density at radius 2 is 2.20 bits per heavy atom. The van der Waals surface area contributed by atoms with Crippen LogP contribution in [0.2, 0.25) is 0 Å². The first-order valence-electron chi connectivity index (χ1n) is 5.18. The van der Waals surface area contributed by atoms with Crippen molar-refractivity contribution in [1.82, 2.24) is 4.98 Å². The van der Waals surface area contributed by atoms with Crippen molar-refractivity contribution in [3.63, 3.8) is 0 Å². The SMILES string of the molecule is NCCCNc1cccc2cnccc12. The Morgan fingerprint density at radius 1 is 1.27 bits per heavy atom. The maximum atomic E-state index is 5.46. The lowest BCUT2D eigenvalue weighted by atomic mass is 10.1. The molecule has 0 saturated carbocycles. The molecule has 78 valence electrons. The molecule has 15 heavy (non-hydrogen) atoms. The third kappa shape index (κ3) is 2.25. The van der Waals surface area contributed by atoms with Crippen molar-refractivity contribution >= 4 is 16.5 Å². The first-order chi connectivity index (χ1) is 7.42. The van der Waals surface area contributed by atoms with E-state index in [1.807, 2.05) is 24.5 Å². The van der Waals surface area contributed by atoms with Crippen molar-refractivity contribution in [2.45, 2.75) is 6.42 Å². The van der Waals surface area contributed by atoms with Gasteiger partial charge in [-0.15, -0.1) is 0 Å². The van der Waals surface area contributed by atoms with Crippen LogP contribution in [0.25, 0.3) is 10.8 Å². The topological polar surface area (TPSA) is 50.9 Å². The summed E-state index contributed by atoms with van der Waals surface area (Å²) in [4.78, 5) is 4.10. The lowest BCUT2D eigenvalue weighted by Gasteiger charge is -2.08. The Labute approximate surface area is 89.3 Å². The van der Waals surface area contributed by atoms with Crippen LogP contribution in [0, 0.1) is 0 Å². The van der Waals surface area contributed by atoms with Gasteiger partial charge in [-0.25, -0.2) is 0 Å². The second-order valence-corrected chi connectivity index (χ2v) is 3.47. The third-order valence-corrected chi connectivity index (χ3v) is 2.38. The quantitative estimate of drug-likeness (QED) is 0.744. The molecule has 3 nitrogen and oxygen atoms in total. The van der Waals surface area contributed by atoms with E-state index in [1.54, 1.807) is 0 Å². The number of fused-ring (bicyclic) bond motifs is 1. The van der Waals surface area contributed by atoms with Crippen molar-refractivity contribution in [1.29, 1.82) is 0 Å². The highest BCUT2D eigenvalue weighted by molar-refractivity contribution is 5.93. The molecule has 0 bridgehead atoms. The van der Waals surface area contributed by atoms with Crippen molar-refractivity contribution in [2.24, 2.45) is 5.73 Å². The highest BCUT2D eigenvalue weighted by atomic mass is 14.9. The molecule has 3 N–H and O–H groups in total. The number of nitrogens with one attached hydrogen (secondary N) is 1. The molecule has 0 aliphatic heterocycles. The van der Waals surface area contributed by atoms with E-state index in [0.29, 0.717) is 0 Å². The van der Waals surface area contributed by atoms with Gasteiger partial charge in [0.1, 0.15) is 0 Å². The van der Waals surface area contributed by atoms with Gasteiger partial charge in [0.15, 0.2) is 0 Å². The predicted molar refractivity (Wildman–Crippen MR) is 63.9 cm³/mol. The van der Waals surface area contributed by atoms with Crippen LogP contribution < -0.4 is 11.1 Å². The minimum Gasteiger partial charge on any atom is -0.384 e.